The standard InChI is InChI=1S/C22H20F3N3O2/c1-13(30)17-10-20-15(11-28(27-20)16-7-5-14(12-29)6-8-16)9-18(17)19-3-2-4-21(26-19)22(23,24)25/h2-4,9-12,14,16H,5-8H2,1H3. The normalized spacial score (nSPS) is 19.7. The molecule has 2 heterocycles. The molecule has 1 aliphatic carbocycles. The number of aromatic nitrogens is 3. The van der Waals surface area contributed by atoms with Gasteiger partial charge in [0.1, 0.15) is 12.0 Å². The van der Waals surface area contributed by atoms with Crippen LogP contribution in [0.3, 0.4) is 0 Å². The zero-order chi connectivity index (χ0) is 21.5. The van der Waals surface area contributed by atoms with Crippen LogP contribution in [0.4, 0.5) is 13.2 Å². The van der Waals surface area contributed by atoms with E-state index >= 15 is 0 Å². The number of Topliss-reactive ketones (excluding diaryl/α,β-unsaturated/α-hetero) is 1. The summed E-state index contributed by atoms with van der Waals surface area (Å²) in [6.45, 7) is 1.37. The minimum atomic E-state index is -4.57. The Morgan fingerprint density at radius 1 is 1.17 bits per heavy atom. The van der Waals surface area contributed by atoms with E-state index in [1.165, 1.54) is 19.1 Å². The van der Waals surface area contributed by atoms with Crippen LogP contribution in [-0.4, -0.2) is 26.8 Å². The topological polar surface area (TPSA) is 64.8 Å². The van der Waals surface area contributed by atoms with Crippen LogP contribution in [0.25, 0.3) is 22.2 Å². The number of ketones is 1. The number of aldehydes is 1. The molecule has 0 atom stereocenters. The summed E-state index contributed by atoms with van der Waals surface area (Å²) in [5.74, 6) is -0.179. The second kappa shape index (κ2) is 7.66. The third kappa shape index (κ3) is 3.86. The molecule has 0 aliphatic heterocycles. The fourth-order valence-corrected chi connectivity index (χ4v) is 4.03. The third-order valence-electron chi connectivity index (χ3n) is 5.66. The van der Waals surface area contributed by atoms with Gasteiger partial charge in [0, 0.05) is 28.6 Å². The van der Waals surface area contributed by atoms with Crippen LogP contribution in [0.2, 0.25) is 0 Å². The fraction of sp³-hybridized carbons (Fsp3) is 0.364. The smallest absolute Gasteiger partial charge is 0.303 e. The number of carbonyl (C=O) groups excluding carboxylic acids is 2. The number of fused-ring (bicyclic) bond motifs is 1. The number of alkyl halides is 3. The number of rotatable bonds is 4. The van der Waals surface area contributed by atoms with Gasteiger partial charge in [0.25, 0.3) is 0 Å². The number of benzene rings is 1. The van der Waals surface area contributed by atoms with Gasteiger partial charge in [0.05, 0.1) is 17.3 Å². The molecular formula is C22H20F3N3O2. The van der Waals surface area contributed by atoms with Gasteiger partial charge >= 0.3 is 6.18 Å². The Morgan fingerprint density at radius 2 is 1.90 bits per heavy atom. The van der Waals surface area contributed by atoms with E-state index < -0.39 is 11.9 Å². The highest BCUT2D eigenvalue weighted by Crippen LogP contribution is 2.34. The van der Waals surface area contributed by atoms with E-state index in [1.807, 2.05) is 10.9 Å². The van der Waals surface area contributed by atoms with Crippen LogP contribution in [-0.2, 0) is 11.0 Å². The maximum Gasteiger partial charge on any atom is 0.433 e. The molecular weight excluding hydrogens is 395 g/mol. The minimum Gasteiger partial charge on any atom is -0.303 e. The SMILES string of the molecule is CC(=O)c1cc2nn(C3CCC(C=O)CC3)cc2cc1-c1cccc(C(F)(F)F)n1. The van der Waals surface area contributed by atoms with Crippen molar-refractivity contribution < 1.29 is 22.8 Å². The molecule has 1 aliphatic rings. The second-order valence-electron chi connectivity index (χ2n) is 7.73. The zero-order valence-electron chi connectivity index (χ0n) is 16.3. The van der Waals surface area contributed by atoms with Gasteiger partial charge in [-0.05, 0) is 56.9 Å². The second-order valence-corrected chi connectivity index (χ2v) is 7.73. The highest BCUT2D eigenvalue weighted by atomic mass is 19.4. The zero-order valence-corrected chi connectivity index (χ0v) is 16.3. The first-order valence-electron chi connectivity index (χ1n) is 9.80. The lowest BCUT2D eigenvalue weighted by molar-refractivity contribution is -0.141. The molecule has 0 unspecified atom stereocenters. The molecule has 2 aromatic heterocycles. The maximum atomic E-state index is 13.1. The van der Waals surface area contributed by atoms with E-state index in [2.05, 4.69) is 10.1 Å². The van der Waals surface area contributed by atoms with E-state index in [-0.39, 0.29) is 29.0 Å². The Hall–Kier alpha value is -3.03. The Labute approximate surface area is 170 Å². The molecule has 1 aromatic carbocycles. The highest BCUT2D eigenvalue weighted by molar-refractivity contribution is 6.04. The van der Waals surface area contributed by atoms with Gasteiger partial charge in [-0.1, -0.05) is 6.07 Å². The molecule has 0 spiro atoms. The predicted molar refractivity (Wildman–Crippen MR) is 105 cm³/mol. The van der Waals surface area contributed by atoms with Crippen molar-refractivity contribution in [3.05, 3.63) is 47.8 Å². The average molecular weight is 415 g/mol. The number of carbonyl (C=O) groups is 2. The number of halogens is 3. The molecule has 0 bridgehead atoms. The van der Waals surface area contributed by atoms with Gasteiger partial charge in [-0.25, -0.2) is 4.98 Å². The monoisotopic (exact) mass is 415 g/mol. The molecule has 4 rings (SSSR count). The summed E-state index contributed by atoms with van der Waals surface area (Å²) in [4.78, 5) is 26.9. The van der Waals surface area contributed by atoms with Crippen LogP contribution in [0.15, 0.2) is 36.5 Å². The first-order chi connectivity index (χ1) is 14.3. The molecule has 0 saturated heterocycles. The Bertz CT molecular complexity index is 1110. The van der Waals surface area contributed by atoms with Crippen LogP contribution in [0.1, 0.15) is 54.7 Å². The lowest BCUT2D eigenvalue weighted by atomic mass is 9.87. The molecule has 5 nitrogen and oxygen atoms in total. The Morgan fingerprint density at radius 3 is 2.53 bits per heavy atom. The molecule has 8 heteroatoms. The van der Waals surface area contributed by atoms with Gasteiger partial charge in [0.2, 0.25) is 0 Å². The van der Waals surface area contributed by atoms with Gasteiger partial charge in [-0.15, -0.1) is 0 Å². The van der Waals surface area contributed by atoms with E-state index in [4.69, 9.17) is 0 Å². The fourth-order valence-electron chi connectivity index (χ4n) is 4.03. The van der Waals surface area contributed by atoms with Gasteiger partial charge in [0.15, 0.2) is 5.78 Å². The first kappa shape index (κ1) is 20.3. The first-order valence-corrected chi connectivity index (χ1v) is 9.80. The van der Waals surface area contributed by atoms with E-state index in [0.717, 1.165) is 43.4 Å². The van der Waals surface area contributed by atoms with Crippen molar-refractivity contribution in [1.82, 2.24) is 14.8 Å². The van der Waals surface area contributed by atoms with Crippen molar-refractivity contribution in [3.63, 3.8) is 0 Å². The van der Waals surface area contributed by atoms with Gasteiger partial charge in [-0.2, -0.15) is 18.3 Å². The summed E-state index contributed by atoms with van der Waals surface area (Å²) in [5.41, 5.74) is 0.330. The van der Waals surface area contributed by atoms with Gasteiger partial charge in [-0.3, -0.25) is 9.48 Å². The Kier molecular flexibility index (Phi) is 5.17. The summed E-state index contributed by atoms with van der Waals surface area (Å²) in [7, 11) is 0. The van der Waals surface area contributed by atoms with Gasteiger partial charge < -0.3 is 4.79 Å². The lowest BCUT2D eigenvalue weighted by Crippen LogP contribution is -2.19. The molecule has 0 amide bonds. The average Bonchev–Trinajstić information content (AvgIpc) is 3.15. The summed E-state index contributed by atoms with van der Waals surface area (Å²) in [6, 6.07) is 7.10. The summed E-state index contributed by atoms with van der Waals surface area (Å²) >= 11 is 0. The Balaban J connectivity index is 1.76. The number of hydrogen-bond donors (Lipinski definition) is 0. The van der Waals surface area contributed by atoms with Crippen molar-refractivity contribution >= 4 is 23.0 Å². The van der Waals surface area contributed by atoms with E-state index in [9.17, 15) is 22.8 Å². The van der Waals surface area contributed by atoms with Crippen molar-refractivity contribution in [2.24, 2.45) is 5.92 Å². The van der Waals surface area contributed by atoms with Crippen molar-refractivity contribution in [2.75, 3.05) is 0 Å². The molecule has 0 N–H and O–H groups in total. The predicted octanol–water partition coefficient (Wildman–Crippen LogP) is 5.25. The maximum absolute atomic E-state index is 13.1. The van der Waals surface area contributed by atoms with Crippen LogP contribution < -0.4 is 0 Å². The molecule has 0 radical (unpaired) electrons. The molecule has 1 saturated carbocycles. The summed E-state index contributed by atoms with van der Waals surface area (Å²) in [6.07, 6.45) is 1.57. The highest BCUT2D eigenvalue weighted by Gasteiger charge is 2.32. The van der Waals surface area contributed by atoms with Crippen LogP contribution in [0, 0.1) is 5.92 Å². The molecule has 156 valence electrons. The lowest BCUT2D eigenvalue weighted by Gasteiger charge is -2.25. The van der Waals surface area contributed by atoms with Crippen molar-refractivity contribution in [2.45, 2.75) is 44.8 Å². The third-order valence-corrected chi connectivity index (χ3v) is 5.66. The minimum absolute atomic E-state index is 0.0918. The summed E-state index contributed by atoms with van der Waals surface area (Å²) < 4.78 is 41.1. The van der Waals surface area contributed by atoms with Crippen LogP contribution in [0.5, 0.6) is 0 Å². The van der Waals surface area contributed by atoms with Crippen molar-refractivity contribution in [1.29, 1.82) is 0 Å². The largest absolute Gasteiger partial charge is 0.433 e. The number of nitrogens with zero attached hydrogens (tertiary/aromatic N) is 3. The molecule has 30 heavy (non-hydrogen) atoms. The van der Waals surface area contributed by atoms with Crippen molar-refractivity contribution in [3.8, 4) is 11.3 Å². The van der Waals surface area contributed by atoms with E-state index in [1.54, 1.807) is 12.1 Å². The summed E-state index contributed by atoms with van der Waals surface area (Å²) in [5, 5.41) is 5.33. The van der Waals surface area contributed by atoms with E-state index in [0.29, 0.717) is 11.1 Å². The number of pyridine rings is 1. The molecule has 1 fully saturated rings. The molecule has 3 aromatic rings. The quantitative estimate of drug-likeness (QED) is 0.431. The number of hydrogen-bond acceptors (Lipinski definition) is 4. The van der Waals surface area contributed by atoms with Crippen LogP contribution >= 0.6 is 0 Å².